The number of rotatable bonds is 1. The zero-order valence-electron chi connectivity index (χ0n) is 8.69. The second-order valence-corrected chi connectivity index (χ2v) is 4.35. The fourth-order valence-electron chi connectivity index (χ4n) is 2.64. The highest BCUT2D eigenvalue weighted by Crippen LogP contribution is 2.38. The smallest absolute Gasteiger partial charge is 0.308 e. The van der Waals surface area contributed by atoms with Crippen molar-refractivity contribution >= 4 is 17.5 Å². The van der Waals surface area contributed by atoms with Crippen molar-refractivity contribution in [2.24, 2.45) is 17.8 Å². The van der Waals surface area contributed by atoms with Crippen LogP contribution in [-0.2, 0) is 19.1 Å². The Labute approximate surface area is 88.0 Å². The molecule has 3 atom stereocenters. The maximum Gasteiger partial charge on any atom is 0.308 e. The lowest BCUT2D eigenvalue weighted by molar-refractivity contribution is -0.152. The number of esters is 1. The number of hydrogen-bond acceptors (Lipinski definition) is 4. The number of carbonyl (C=O) groups excluding carboxylic acids is 3. The average molecular weight is 210 g/mol. The maximum atomic E-state index is 11.7. The van der Waals surface area contributed by atoms with Crippen molar-refractivity contribution in [2.45, 2.75) is 25.7 Å². The van der Waals surface area contributed by atoms with Crippen molar-refractivity contribution in [3.63, 3.8) is 0 Å². The van der Waals surface area contributed by atoms with E-state index in [0.29, 0.717) is 25.7 Å². The van der Waals surface area contributed by atoms with Crippen LogP contribution in [0.2, 0.25) is 0 Å². The van der Waals surface area contributed by atoms with Gasteiger partial charge in [0.25, 0.3) is 0 Å². The monoisotopic (exact) mass is 210 g/mol. The summed E-state index contributed by atoms with van der Waals surface area (Å²) >= 11 is 0. The van der Waals surface area contributed by atoms with Crippen LogP contribution in [0, 0.1) is 17.8 Å². The molecule has 0 heterocycles. The second-order valence-electron chi connectivity index (χ2n) is 4.35. The zero-order chi connectivity index (χ0) is 11.0. The van der Waals surface area contributed by atoms with E-state index in [1.54, 1.807) is 0 Å². The van der Waals surface area contributed by atoms with E-state index in [0.717, 1.165) is 0 Å². The van der Waals surface area contributed by atoms with Crippen LogP contribution >= 0.6 is 0 Å². The van der Waals surface area contributed by atoms with Crippen LogP contribution in [-0.4, -0.2) is 24.6 Å². The highest BCUT2D eigenvalue weighted by Gasteiger charge is 2.45. The molecular formula is C11H14O4. The van der Waals surface area contributed by atoms with Crippen LogP contribution < -0.4 is 0 Å². The van der Waals surface area contributed by atoms with E-state index in [9.17, 15) is 14.4 Å². The Hall–Kier alpha value is -1.19. The Morgan fingerprint density at radius 2 is 2.07 bits per heavy atom. The van der Waals surface area contributed by atoms with Gasteiger partial charge in [-0.2, -0.15) is 0 Å². The van der Waals surface area contributed by atoms with Crippen LogP contribution in [0.5, 0.6) is 0 Å². The van der Waals surface area contributed by atoms with E-state index in [4.69, 9.17) is 0 Å². The van der Waals surface area contributed by atoms with Gasteiger partial charge in [-0.3, -0.25) is 14.4 Å². The lowest BCUT2D eigenvalue weighted by atomic mass is 9.66. The minimum atomic E-state index is -0.526. The Balaban J connectivity index is 2.16. The van der Waals surface area contributed by atoms with Crippen LogP contribution in [0.1, 0.15) is 25.7 Å². The van der Waals surface area contributed by atoms with Gasteiger partial charge in [0.1, 0.15) is 11.6 Å². The van der Waals surface area contributed by atoms with Crippen molar-refractivity contribution in [1.82, 2.24) is 0 Å². The van der Waals surface area contributed by atoms with Gasteiger partial charge < -0.3 is 4.74 Å². The van der Waals surface area contributed by atoms with Crippen LogP contribution in [0.15, 0.2) is 0 Å². The molecule has 0 aliphatic heterocycles. The lowest BCUT2D eigenvalue weighted by Gasteiger charge is -2.35. The molecule has 0 spiro atoms. The third kappa shape index (κ3) is 1.68. The van der Waals surface area contributed by atoms with Gasteiger partial charge in [-0.1, -0.05) is 0 Å². The second kappa shape index (κ2) is 3.76. The molecule has 4 heteroatoms. The average Bonchev–Trinajstić information content (AvgIpc) is 2.23. The molecule has 2 rings (SSSR count). The number of Topliss-reactive ketones (excluding diaryl/α,β-unsaturated/α-hetero) is 2. The summed E-state index contributed by atoms with van der Waals surface area (Å²) in [6.45, 7) is 0. The maximum absolute atomic E-state index is 11.7. The molecule has 2 aliphatic rings. The van der Waals surface area contributed by atoms with E-state index in [-0.39, 0.29) is 29.4 Å². The van der Waals surface area contributed by atoms with E-state index in [1.165, 1.54) is 7.11 Å². The first-order valence-corrected chi connectivity index (χ1v) is 5.27. The summed E-state index contributed by atoms with van der Waals surface area (Å²) in [5, 5.41) is 0. The molecule has 0 aromatic heterocycles. The highest BCUT2D eigenvalue weighted by molar-refractivity contribution is 6.06. The first-order valence-electron chi connectivity index (χ1n) is 5.27. The van der Waals surface area contributed by atoms with Crippen LogP contribution in [0.25, 0.3) is 0 Å². The van der Waals surface area contributed by atoms with Gasteiger partial charge in [-0.05, 0) is 19.3 Å². The summed E-state index contributed by atoms with van der Waals surface area (Å²) in [5.74, 6) is -1.11. The Morgan fingerprint density at radius 1 is 1.33 bits per heavy atom. The first kappa shape index (κ1) is 10.3. The molecule has 82 valence electrons. The van der Waals surface area contributed by atoms with Crippen molar-refractivity contribution < 1.29 is 19.1 Å². The number of ketones is 2. The third-order valence-corrected chi connectivity index (χ3v) is 3.50. The number of ether oxygens (including phenoxy) is 1. The summed E-state index contributed by atoms with van der Waals surface area (Å²) in [6, 6.07) is 0. The number of hydrogen-bond donors (Lipinski definition) is 0. The van der Waals surface area contributed by atoms with Crippen molar-refractivity contribution in [3.8, 4) is 0 Å². The quantitative estimate of drug-likeness (QED) is 0.473. The molecule has 2 fully saturated rings. The SMILES string of the molecule is COC(=O)[C@H]1C[C@H]2CCC(=O)[C@@H](C1)C2=O. The van der Waals surface area contributed by atoms with Crippen molar-refractivity contribution in [2.75, 3.05) is 7.11 Å². The van der Waals surface area contributed by atoms with Crippen LogP contribution in [0.4, 0.5) is 0 Å². The largest absolute Gasteiger partial charge is 0.469 e. The van der Waals surface area contributed by atoms with E-state index in [2.05, 4.69) is 4.74 Å². The van der Waals surface area contributed by atoms with Gasteiger partial charge in [0.15, 0.2) is 0 Å². The van der Waals surface area contributed by atoms with Gasteiger partial charge in [0.05, 0.1) is 18.9 Å². The Morgan fingerprint density at radius 3 is 2.73 bits per heavy atom. The van der Waals surface area contributed by atoms with E-state index < -0.39 is 5.92 Å². The molecule has 0 aromatic carbocycles. The number of fused-ring (bicyclic) bond motifs is 2. The van der Waals surface area contributed by atoms with Crippen molar-refractivity contribution in [3.05, 3.63) is 0 Å². The minimum absolute atomic E-state index is 0.00449. The molecule has 15 heavy (non-hydrogen) atoms. The Kier molecular flexibility index (Phi) is 2.59. The summed E-state index contributed by atoms with van der Waals surface area (Å²) in [4.78, 5) is 34.6. The molecule has 0 N–H and O–H groups in total. The molecule has 0 unspecified atom stereocenters. The highest BCUT2D eigenvalue weighted by atomic mass is 16.5. The number of carbonyl (C=O) groups is 3. The summed E-state index contributed by atoms with van der Waals surface area (Å²) in [7, 11) is 1.34. The van der Waals surface area contributed by atoms with Gasteiger partial charge in [0.2, 0.25) is 0 Å². The molecule has 2 aliphatic carbocycles. The van der Waals surface area contributed by atoms with E-state index >= 15 is 0 Å². The predicted octanol–water partition coefficient (Wildman–Crippen LogP) is 0.734. The van der Waals surface area contributed by atoms with Gasteiger partial charge in [-0.25, -0.2) is 0 Å². The summed E-state index contributed by atoms with van der Waals surface area (Å²) in [6.07, 6.45) is 2.03. The minimum Gasteiger partial charge on any atom is -0.469 e. The summed E-state index contributed by atoms with van der Waals surface area (Å²) in [5.41, 5.74) is 0. The molecule has 2 bridgehead atoms. The van der Waals surface area contributed by atoms with E-state index in [1.807, 2.05) is 0 Å². The van der Waals surface area contributed by atoms with Crippen molar-refractivity contribution in [1.29, 1.82) is 0 Å². The van der Waals surface area contributed by atoms with Gasteiger partial charge >= 0.3 is 5.97 Å². The summed E-state index contributed by atoms with van der Waals surface area (Å²) < 4.78 is 4.66. The standard InChI is InChI=1S/C11H14O4/c1-15-11(14)7-4-6-2-3-9(12)8(5-7)10(6)13/h6-8H,2-5H2,1H3/t6-,7+,8-/m1/s1. The normalized spacial score (nSPS) is 35.1. The fraction of sp³-hybridized carbons (Fsp3) is 0.727. The predicted molar refractivity (Wildman–Crippen MR) is 51.0 cm³/mol. The molecule has 0 amide bonds. The van der Waals surface area contributed by atoms with Gasteiger partial charge in [-0.15, -0.1) is 0 Å². The molecule has 0 radical (unpaired) electrons. The fourth-order valence-corrected chi connectivity index (χ4v) is 2.64. The molecule has 2 saturated carbocycles. The molecule has 0 aromatic rings. The first-order chi connectivity index (χ1) is 7.13. The Bertz CT molecular complexity index is 321. The molecular weight excluding hydrogens is 196 g/mol. The number of methoxy groups -OCH3 is 1. The third-order valence-electron chi connectivity index (χ3n) is 3.50. The lowest BCUT2D eigenvalue weighted by Crippen LogP contribution is -2.43. The van der Waals surface area contributed by atoms with Gasteiger partial charge in [0, 0.05) is 12.3 Å². The molecule has 0 saturated heterocycles. The zero-order valence-corrected chi connectivity index (χ0v) is 8.69. The molecule has 4 nitrogen and oxygen atoms in total. The van der Waals surface area contributed by atoms with Crippen LogP contribution in [0.3, 0.4) is 0 Å². The topological polar surface area (TPSA) is 60.4 Å².